The molecule has 0 atom stereocenters. The van der Waals surface area contributed by atoms with E-state index in [-0.39, 0.29) is 35.5 Å². The summed E-state index contributed by atoms with van der Waals surface area (Å²) in [5.74, 6) is -0.901. The second kappa shape index (κ2) is 6.50. The van der Waals surface area contributed by atoms with Gasteiger partial charge in [0.25, 0.3) is 5.91 Å². The highest BCUT2D eigenvalue weighted by molar-refractivity contribution is 8.00. The van der Waals surface area contributed by atoms with Gasteiger partial charge in [0.05, 0.1) is 7.11 Å². The molecular weight excluding hydrogens is 285 g/mol. The summed E-state index contributed by atoms with van der Waals surface area (Å²) in [6.07, 6.45) is 1.21. The van der Waals surface area contributed by atoms with Gasteiger partial charge in [-0.25, -0.2) is 0 Å². The fourth-order valence-corrected chi connectivity index (χ4v) is 1.61. The van der Waals surface area contributed by atoms with Crippen LogP contribution in [0.15, 0.2) is 17.1 Å². The van der Waals surface area contributed by atoms with Crippen LogP contribution in [0.4, 0.5) is 13.2 Å². The first-order valence-corrected chi connectivity index (χ1v) is 6.07. The van der Waals surface area contributed by atoms with Gasteiger partial charge in [0.15, 0.2) is 5.75 Å². The zero-order valence-corrected chi connectivity index (χ0v) is 10.7. The molecule has 1 aromatic rings. The Hall–Kier alpha value is -1.64. The van der Waals surface area contributed by atoms with E-state index in [0.717, 1.165) is 6.07 Å². The number of methoxy groups -OCH3 is 1. The van der Waals surface area contributed by atoms with E-state index in [1.54, 1.807) is 0 Å². The molecule has 1 rings (SSSR count). The quantitative estimate of drug-likeness (QED) is 0.805. The monoisotopic (exact) mass is 296 g/mol. The number of thioether (sulfide) groups is 1. The van der Waals surface area contributed by atoms with Crippen molar-refractivity contribution in [2.24, 2.45) is 0 Å². The summed E-state index contributed by atoms with van der Waals surface area (Å²) < 4.78 is 40.2. The molecule has 1 heterocycles. The summed E-state index contributed by atoms with van der Waals surface area (Å²) in [4.78, 5) is 25.4. The largest absolute Gasteiger partial charge is 0.491 e. The fraction of sp³-hybridized carbons (Fsp3) is 0.400. The highest BCUT2D eigenvalue weighted by Gasteiger charge is 2.27. The molecule has 0 saturated heterocycles. The Bertz CT molecular complexity index is 502. The number of halogens is 3. The average Bonchev–Trinajstić information content (AvgIpc) is 2.33. The van der Waals surface area contributed by atoms with Gasteiger partial charge in [-0.15, -0.1) is 0 Å². The number of aromatic nitrogens is 1. The van der Waals surface area contributed by atoms with E-state index < -0.39 is 16.8 Å². The molecule has 0 saturated carbocycles. The molecule has 1 aromatic heterocycles. The van der Waals surface area contributed by atoms with Gasteiger partial charge in [0, 0.05) is 24.6 Å². The molecule has 0 aromatic carbocycles. The molecule has 9 heteroatoms. The van der Waals surface area contributed by atoms with Crippen LogP contribution in [0, 0.1) is 0 Å². The van der Waals surface area contributed by atoms with Gasteiger partial charge >= 0.3 is 5.51 Å². The molecule has 1 amide bonds. The minimum absolute atomic E-state index is 0.0391. The van der Waals surface area contributed by atoms with Crippen molar-refractivity contribution >= 4 is 17.7 Å². The number of pyridine rings is 1. The number of H-pyrrole nitrogens is 1. The van der Waals surface area contributed by atoms with Crippen LogP contribution in [0.2, 0.25) is 0 Å². The maximum Gasteiger partial charge on any atom is 0.441 e. The van der Waals surface area contributed by atoms with Gasteiger partial charge < -0.3 is 15.0 Å². The SMILES string of the molecule is COc1c[nH]c(C(=O)NCCSC(F)(F)F)cc1=O. The Morgan fingerprint density at radius 3 is 2.74 bits per heavy atom. The normalized spacial score (nSPS) is 11.2. The fourth-order valence-electron chi connectivity index (χ4n) is 1.18. The van der Waals surface area contributed by atoms with Crippen molar-refractivity contribution in [3.05, 3.63) is 28.2 Å². The summed E-state index contributed by atoms with van der Waals surface area (Å²) in [6.45, 7) is -0.156. The zero-order valence-electron chi connectivity index (χ0n) is 9.84. The van der Waals surface area contributed by atoms with Gasteiger partial charge in [0.1, 0.15) is 5.69 Å². The average molecular weight is 296 g/mol. The van der Waals surface area contributed by atoms with Crippen molar-refractivity contribution in [1.29, 1.82) is 0 Å². The number of hydrogen-bond acceptors (Lipinski definition) is 4. The standard InChI is InChI=1S/C10H11F3N2O3S/c1-18-8-5-15-6(4-7(8)16)9(17)14-2-3-19-10(11,12)13/h4-5H,2-3H2,1H3,(H,14,17)(H,15,16). The van der Waals surface area contributed by atoms with Crippen molar-refractivity contribution in [1.82, 2.24) is 10.3 Å². The van der Waals surface area contributed by atoms with Crippen LogP contribution in [0.5, 0.6) is 5.75 Å². The number of hydrogen-bond donors (Lipinski definition) is 2. The second-order valence-electron chi connectivity index (χ2n) is 3.33. The number of nitrogens with one attached hydrogen (secondary N) is 2. The molecular formula is C10H11F3N2O3S. The first-order chi connectivity index (χ1) is 8.83. The van der Waals surface area contributed by atoms with E-state index in [1.807, 2.05) is 0 Å². The van der Waals surface area contributed by atoms with Gasteiger partial charge in [-0.2, -0.15) is 13.2 Å². The summed E-state index contributed by atoms with van der Waals surface area (Å²) in [7, 11) is 1.30. The molecule has 0 aliphatic heterocycles. The third kappa shape index (κ3) is 5.25. The second-order valence-corrected chi connectivity index (χ2v) is 4.49. The maximum absolute atomic E-state index is 11.8. The Balaban J connectivity index is 2.50. The topological polar surface area (TPSA) is 71.2 Å². The molecule has 0 bridgehead atoms. The molecule has 19 heavy (non-hydrogen) atoms. The number of rotatable bonds is 5. The maximum atomic E-state index is 11.8. The zero-order chi connectivity index (χ0) is 14.5. The summed E-state index contributed by atoms with van der Waals surface area (Å²) in [5, 5.41) is 2.27. The molecule has 0 fully saturated rings. The van der Waals surface area contributed by atoms with Gasteiger partial charge in [-0.3, -0.25) is 9.59 Å². The first kappa shape index (κ1) is 15.4. The van der Waals surface area contributed by atoms with Crippen LogP contribution in [0.25, 0.3) is 0 Å². The number of aromatic amines is 1. The number of carbonyl (C=O) groups is 1. The summed E-state index contributed by atoms with van der Waals surface area (Å²) >= 11 is -0.227. The minimum atomic E-state index is -4.32. The highest BCUT2D eigenvalue weighted by atomic mass is 32.2. The third-order valence-corrected chi connectivity index (χ3v) is 2.73. The molecule has 5 nitrogen and oxygen atoms in total. The predicted molar refractivity (Wildman–Crippen MR) is 64.5 cm³/mol. The lowest BCUT2D eigenvalue weighted by Gasteiger charge is -2.07. The number of ether oxygens (including phenoxy) is 1. The Morgan fingerprint density at radius 1 is 1.53 bits per heavy atom. The molecule has 0 aliphatic rings. The lowest BCUT2D eigenvalue weighted by molar-refractivity contribution is -0.0327. The first-order valence-electron chi connectivity index (χ1n) is 5.09. The minimum Gasteiger partial charge on any atom is -0.491 e. The number of alkyl halides is 3. The summed E-state index contributed by atoms with van der Waals surface area (Å²) in [6, 6.07) is 1.02. The Morgan fingerprint density at radius 2 is 2.21 bits per heavy atom. The van der Waals surface area contributed by atoms with Crippen molar-refractivity contribution < 1.29 is 22.7 Å². The molecule has 106 valence electrons. The van der Waals surface area contributed by atoms with E-state index in [2.05, 4.69) is 10.3 Å². The van der Waals surface area contributed by atoms with Crippen LogP contribution in [0.3, 0.4) is 0 Å². The highest BCUT2D eigenvalue weighted by Crippen LogP contribution is 2.29. The lowest BCUT2D eigenvalue weighted by Crippen LogP contribution is -2.28. The van der Waals surface area contributed by atoms with Crippen molar-refractivity contribution in [2.45, 2.75) is 5.51 Å². The van der Waals surface area contributed by atoms with Crippen molar-refractivity contribution in [2.75, 3.05) is 19.4 Å². The Labute approximate surface area is 110 Å². The van der Waals surface area contributed by atoms with Crippen LogP contribution in [-0.2, 0) is 0 Å². The third-order valence-electron chi connectivity index (χ3n) is 1.99. The van der Waals surface area contributed by atoms with Crippen LogP contribution in [0.1, 0.15) is 10.5 Å². The number of carbonyl (C=O) groups excluding carboxylic acids is 1. The molecule has 0 aliphatic carbocycles. The van der Waals surface area contributed by atoms with Crippen LogP contribution < -0.4 is 15.5 Å². The van der Waals surface area contributed by atoms with Crippen molar-refractivity contribution in [3.8, 4) is 5.75 Å². The summed E-state index contributed by atoms with van der Waals surface area (Å²) in [5.41, 5.74) is -4.85. The van der Waals surface area contributed by atoms with Gasteiger partial charge in [-0.1, -0.05) is 0 Å². The lowest BCUT2D eigenvalue weighted by atomic mass is 10.3. The smallest absolute Gasteiger partial charge is 0.441 e. The van der Waals surface area contributed by atoms with Gasteiger partial charge in [0.2, 0.25) is 5.43 Å². The van der Waals surface area contributed by atoms with E-state index in [0.29, 0.717) is 0 Å². The van der Waals surface area contributed by atoms with Crippen LogP contribution >= 0.6 is 11.8 Å². The molecule has 0 spiro atoms. The Kier molecular flexibility index (Phi) is 5.28. The van der Waals surface area contributed by atoms with Crippen molar-refractivity contribution in [3.63, 3.8) is 0 Å². The van der Waals surface area contributed by atoms with E-state index in [1.165, 1.54) is 13.3 Å². The molecule has 2 N–H and O–H groups in total. The van der Waals surface area contributed by atoms with E-state index >= 15 is 0 Å². The number of amides is 1. The predicted octanol–water partition coefficient (Wildman–Crippen LogP) is 1.37. The van der Waals surface area contributed by atoms with Gasteiger partial charge in [-0.05, 0) is 11.8 Å². The molecule has 0 radical (unpaired) electrons. The molecule has 0 unspecified atom stereocenters. The van der Waals surface area contributed by atoms with E-state index in [4.69, 9.17) is 4.74 Å². The van der Waals surface area contributed by atoms with Crippen LogP contribution in [-0.4, -0.2) is 35.8 Å². The van der Waals surface area contributed by atoms with E-state index in [9.17, 15) is 22.8 Å².